The number of rotatable bonds is 2. The summed E-state index contributed by atoms with van der Waals surface area (Å²) in [6.07, 6.45) is 2.66. The summed E-state index contributed by atoms with van der Waals surface area (Å²) in [5.74, 6) is 0. The van der Waals surface area contributed by atoms with Crippen LogP contribution in [0.1, 0.15) is 24.0 Å². The number of nitrogens with zero attached hydrogens (tertiary/aromatic N) is 1. The van der Waals surface area contributed by atoms with Crippen LogP contribution >= 0.6 is 0 Å². The predicted octanol–water partition coefficient (Wildman–Crippen LogP) is 1.70. The molecular weight excluding hydrogens is 160 g/mol. The Labute approximate surface area is 78.0 Å². The van der Waals surface area contributed by atoms with E-state index >= 15 is 0 Å². The molecule has 1 saturated carbocycles. The Bertz CT molecular complexity index is 341. The van der Waals surface area contributed by atoms with Gasteiger partial charge in [0.1, 0.15) is 0 Å². The second-order valence-corrected chi connectivity index (χ2v) is 3.69. The van der Waals surface area contributed by atoms with Gasteiger partial charge in [-0.05, 0) is 24.0 Å². The lowest BCUT2D eigenvalue weighted by Crippen LogP contribution is -2.18. The Morgan fingerprint density at radius 3 is 2.38 bits per heavy atom. The molecule has 0 atom stereocenters. The fraction of sp³-hybridized carbons (Fsp3) is 0.364. The minimum atomic E-state index is -0.0504. The van der Waals surface area contributed by atoms with E-state index in [1.807, 2.05) is 24.3 Å². The van der Waals surface area contributed by atoms with Crippen LogP contribution in [0, 0.1) is 11.3 Å². The van der Waals surface area contributed by atoms with Crippen LogP contribution in [0.25, 0.3) is 0 Å². The van der Waals surface area contributed by atoms with Gasteiger partial charge in [0, 0.05) is 5.54 Å². The third-order valence-electron chi connectivity index (χ3n) is 2.60. The van der Waals surface area contributed by atoms with Crippen LogP contribution in [0.2, 0.25) is 0 Å². The maximum atomic E-state index is 8.49. The quantitative estimate of drug-likeness (QED) is 0.738. The van der Waals surface area contributed by atoms with Crippen LogP contribution in [0.3, 0.4) is 0 Å². The highest BCUT2D eigenvalue weighted by atomic mass is 14.8. The molecule has 0 unspecified atom stereocenters. The summed E-state index contributed by atoms with van der Waals surface area (Å²) in [5, 5.41) is 8.49. The van der Waals surface area contributed by atoms with Gasteiger partial charge in [-0.25, -0.2) is 0 Å². The molecule has 0 saturated heterocycles. The van der Waals surface area contributed by atoms with Crippen molar-refractivity contribution in [2.24, 2.45) is 5.73 Å². The van der Waals surface area contributed by atoms with Crippen molar-refractivity contribution in [2.75, 3.05) is 0 Å². The maximum absolute atomic E-state index is 8.49. The van der Waals surface area contributed by atoms with Gasteiger partial charge in [-0.15, -0.1) is 0 Å². The topological polar surface area (TPSA) is 49.8 Å². The van der Waals surface area contributed by atoms with Crippen LogP contribution in [0.4, 0.5) is 0 Å². The molecule has 0 amide bonds. The lowest BCUT2D eigenvalue weighted by Gasteiger charge is -2.08. The van der Waals surface area contributed by atoms with Crippen molar-refractivity contribution < 1.29 is 0 Å². The molecular formula is C11H12N2. The van der Waals surface area contributed by atoms with Crippen LogP contribution < -0.4 is 5.73 Å². The van der Waals surface area contributed by atoms with Crippen molar-refractivity contribution >= 4 is 0 Å². The van der Waals surface area contributed by atoms with Gasteiger partial charge in [-0.3, -0.25) is 0 Å². The zero-order chi connectivity index (χ0) is 9.31. The summed E-state index contributed by atoms with van der Waals surface area (Å²) < 4.78 is 0. The minimum Gasteiger partial charge on any atom is -0.321 e. The van der Waals surface area contributed by atoms with Gasteiger partial charge in [0.2, 0.25) is 0 Å². The fourth-order valence-corrected chi connectivity index (χ4v) is 1.47. The van der Waals surface area contributed by atoms with Crippen molar-refractivity contribution in [1.82, 2.24) is 0 Å². The lowest BCUT2D eigenvalue weighted by atomic mass is 10.0. The van der Waals surface area contributed by atoms with Crippen molar-refractivity contribution in [2.45, 2.75) is 24.8 Å². The first-order valence-corrected chi connectivity index (χ1v) is 4.50. The van der Waals surface area contributed by atoms with Crippen LogP contribution in [0.15, 0.2) is 24.3 Å². The predicted molar refractivity (Wildman–Crippen MR) is 50.9 cm³/mol. The molecule has 1 aromatic carbocycles. The van der Waals surface area contributed by atoms with Crippen molar-refractivity contribution in [3.05, 3.63) is 35.4 Å². The first-order valence-electron chi connectivity index (χ1n) is 4.50. The van der Waals surface area contributed by atoms with Crippen molar-refractivity contribution in [1.29, 1.82) is 5.26 Å². The third kappa shape index (κ3) is 1.56. The standard InChI is InChI=1S/C11H12N2/c12-8-5-9-1-3-10(4-2-9)11(13)6-7-11/h1-4H,5-7,13H2. The second-order valence-electron chi connectivity index (χ2n) is 3.69. The van der Waals surface area contributed by atoms with Gasteiger partial charge in [0.25, 0.3) is 0 Å². The van der Waals surface area contributed by atoms with Gasteiger partial charge in [0.15, 0.2) is 0 Å². The lowest BCUT2D eigenvalue weighted by molar-refractivity contribution is 0.739. The molecule has 0 radical (unpaired) electrons. The molecule has 2 heteroatoms. The summed E-state index contributed by atoms with van der Waals surface area (Å²) >= 11 is 0. The molecule has 0 spiro atoms. The second kappa shape index (κ2) is 2.86. The van der Waals surface area contributed by atoms with Gasteiger partial charge in [-0.2, -0.15) is 5.26 Å². The minimum absolute atomic E-state index is 0.0504. The zero-order valence-corrected chi connectivity index (χ0v) is 7.46. The first kappa shape index (κ1) is 8.28. The highest BCUT2D eigenvalue weighted by Gasteiger charge is 2.39. The first-order chi connectivity index (χ1) is 6.24. The van der Waals surface area contributed by atoms with E-state index in [-0.39, 0.29) is 5.54 Å². The SMILES string of the molecule is N#CCc1ccc(C2(N)CC2)cc1. The normalized spacial score (nSPS) is 17.8. The van der Waals surface area contributed by atoms with Crippen LogP contribution in [0.5, 0.6) is 0 Å². The summed E-state index contributed by atoms with van der Waals surface area (Å²) in [5.41, 5.74) is 8.24. The molecule has 66 valence electrons. The Hall–Kier alpha value is -1.33. The van der Waals surface area contributed by atoms with E-state index in [4.69, 9.17) is 11.0 Å². The Balaban J connectivity index is 2.20. The molecule has 2 nitrogen and oxygen atoms in total. The van der Waals surface area contributed by atoms with Crippen LogP contribution in [-0.2, 0) is 12.0 Å². The van der Waals surface area contributed by atoms with Crippen LogP contribution in [-0.4, -0.2) is 0 Å². The van der Waals surface area contributed by atoms with E-state index in [1.165, 1.54) is 5.56 Å². The van der Waals surface area contributed by atoms with E-state index in [1.54, 1.807) is 0 Å². The summed E-state index contributed by atoms with van der Waals surface area (Å²) in [7, 11) is 0. The van der Waals surface area contributed by atoms with E-state index < -0.39 is 0 Å². The number of benzene rings is 1. The van der Waals surface area contributed by atoms with E-state index in [0.29, 0.717) is 6.42 Å². The Morgan fingerprint density at radius 2 is 1.92 bits per heavy atom. The van der Waals surface area contributed by atoms with E-state index in [0.717, 1.165) is 18.4 Å². The maximum Gasteiger partial charge on any atom is 0.0669 e. The molecule has 1 aliphatic rings. The molecule has 0 aromatic heterocycles. The number of nitrogens with two attached hydrogens (primary N) is 1. The zero-order valence-electron chi connectivity index (χ0n) is 7.46. The number of hydrogen-bond acceptors (Lipinski definition) is 2. The van der Waals surface area contributed by atoms with E-state index in [2.05, 4.69) is 6.07 Å². The van der Waals surface area contributed by atoms with Gasteiger partial charge in [-0.1, -0.05) is 24.3 Å². The number of hydrogen-bond donors (Lipinski definition) is 1. The Kier molecular flexibility index (Phi) is 1.82. The summed E-state index contributed by atoms with van der Waals surface area (Å²) in [6.45, 7) is 0. The summed E-state index contributed by atoms with van der Waals surface area (Å²) in [4.78, 5) is 0. The highest BCUT2D eigenvalue weighted by molar-refractivity contribution is 5.32. The van der Waals surface area contributed by atoms with Gasteiger partial charge in [0.05, 0.1) is 12.5 Å². The summed E-state index contributed by atoms with van der Waals surface area (Å²) in [6, 6.07) is 10.2. The van der Waals surface area contributed by atoms with Crippen molar-refractivity contribution in [3.8, 4) is 6.07 Å². The highest BCUT2D eigenvalue weighted by Crippen LogP contribution is 2.42. The molecule has 13 heavy (non-hydrogen) atoms. The fourth-order valence-electron chi connectivity index (χ4n) is 1.47. The largest absolute Gasteiger partial charge is 0.321 e. The molecule has 1 fully saturated rings. The molecule has 0 aliphatic heterocycles. The average molecular weight is 172 g/mol. The molecule has 1 aliphatic carbocycles. The monoisotopic (exact) mass is 172 g/mol. The average Bonchev–Trinajstić information content (AvgIpc) is 2.87. The molecule has 0 bridgehead atoms. The van der Waals surface area contributed by atoms with Gasteiger partial charge < -0.3 is 5.73 Å². The van der Waals surface area contributed by atoms with Crippen molar-refractivity contribution in [3.63, 3.8) is 0 Å². The Morgan fingerprint density at radius 1 is 1.31 bits per heavy atom. The molecule has 2 rings (SSSR count). The number of nitriles is 1. The molecule has 0 heterocycles. The van der Waals surface area contributed by atoms with E-state index in [9.17, 15) is 0 Å². The molecule has 2 N–H and O–H groups in total. The van der Waals surface area contributed by atoms with Gasteiger partial charge >= 0.3 is 0 Å². The smallest absolute Gasteiger partial charge is 0.0669 e. The third-order valence-corrected chi connectivity index (χ3v) is 2.60. The molecule has 1 aromatic rings.